The first kappa shape index (κ1) is 23.1. The number of carbonyl (C=O) groups is 1. The van der Waals surface area contributed by atoms with E-state index in [1.165, 1.54) is 31.2 Å². The third kappa shape index (κ3) is 4.05. The zero-order chi connectivity index (χ0) is 24.0. The number of phenolic OH excluding ortho intramolecular Hbond substituents is 3. The number of aromatic hydroxyl groups is 3. The molecule has 1 fully saturated rings. The van der Waals surface area contributed by atoms with Crippen molar-refractivity contribution < 1.29 is 54.8 Å². The van der Waals surface area contributed by atoms with E-state index >= 15 is 0 Å². The predicted molar refractivity (Wildman–Crippen MR) is 109 cm³/mol. The van der Waals surface area contributed by atoms with E-state index in [1.54, 1.807) is 0 Å². The second-order valence-electron chi connectivity index (χ2n) is 8.02. The standard InChI is InChI=1S/C22H24O11/c1-8-13(32-22-21(30)20(29)19(28)16(7-23)33-22)6-15-17(18(8)27)12(26)5-14(31-15)9-2-3-10(24)11(25)4-9/h2-4,6,14,16,19-25,27-30H,5,7H2,1H3/t14-,16-,19-,20-,21-,22-/m0/s1. The lowest BCUT2D eigenvalue weighted by atomic mass is 9.93. The fourth-order valence-corrected chi connectivity index (χ4v) is 3.89. The molecule has 2 aliphatic heterocycles. The van der Waals surface area contributed by atoms with Crippen LogP contribution in [-0.4, -0.2) is 78.8 Å². The number of benzene rings is 2. The first-order valence-corrected chi connectivity index (χ1v) is 10.2. The number of rotatable bonds is 4. The van der Waals surface area contributed by atoms with Crippen LogP contribution in [0.1, 0.15) is 34.0 Å². The molecule has 11 nitrogen and oxygen atoms in total. The highest BCUT2D eigenvalue weighted by molar-refractivity contribution is 6.03. The molecule has 0 aliphatic carbocycles. The number of aliphatic hydroxyl groups excluding tert-OH is 4. The van der Waals surface area contributed by atoms with E-state index < -0.39 is 54.9 Å². The molecule has 0 radical (unpaired) electrons. The van der Waals surface area contributed by atoms with Gasteiger partial charge in [0.1, 0.15) is 53.3 Å². The van der Waals surface area contributed by atoms with Crippen LogP contribution >= 0.6 is 0 Å². The van der Waals surface area contributed by atoms with E-state index in [-0.39, 0.29) is 40.5 Å². The molecule has 0 unspecified atom stereocenters. The molecule has 0 bridgehead atoms. The number of fused-ring (bicyclic) bond motifs is 1. The van der Waals surface area contributed by atoms with E-state index in [4.69, 9.17) is 14.2 Å². The molecule has 2 aromatic rings. The maximum absolute atomic E-state index is 12.8. The lowest BCUT2D eigenvalue weighted by Crippen LogP contribution is -2.60. The van der Waals surface area contributed by atoms with Gasteiger partial charge in [-0.15, -0.1) is 0 Å². The Labute approximate surface area is 187 Å². The Hall–Kier alpha value is -3.09. The lowest BCUT2D eigenvalue weighted by molar-refractivity contribution is -0.277. The SMILES string of the molecule is Cc1c(O[C@H]2O[C@@H](CO)[C@H](O)[C@H](O)[C@@H]2O)cc2c(c1O)C(=O)C[C@@H](c1ccc(O)c(O)c1)O2. The second-order valence-corrected chi connectivity index (χ2v) is 8.02. The smallest absolute Gasteiger partial charge is 0.229 e. The maximum Gasteiger partial charge on any atom is 0.229 e. The van der Waals surface area contributed by atoms with E-state index in [9.17, 15) is 40.5 Å². The van der Waals surface area contributed by atoms with Crippen LogP contribution in [0, 0.1) is 6.92 Å². The van der Waals surface area contributed by atoms with Crippen LogP contribution in [0.3, 0.4) is 0 Å². The second kappa shape index (κ2) is 8.69. The zero-order valence-corrected chi connectivity index (χ0v) is 17.5. The van der Waals surface area contributed by atoms with Crippen LogP contribution in [0.15, 0.2) is 24.3 Å². The molecule has 0 amide bonds. The Bertz CT molecular complexity index is 1070. The molecule has 0 spiro atoms. The molecule has 2 heterocycles. The monoisotopic (exact) mass is 464 g/mol. The van der Waals surface area contributed by atoms with Crippen molar-refractivity contribution in [2.45, 2.75) is 50.2 Å². The third-order valence-electron chi connectivity index (χ3n) is 5.85. The van der Waals surface area contributed by atoms with Crippen molar-refractivity contribution in [3.05, 3.63) is 41.0 Å². The number of Topliss-reactive ketones (excluding diaryl/α,β-unsaturated/α-hetero) is 1. The van der Waals surface area contributed by atoms with Gasteiger partial charge in [0.05, 0.1) is 13.0 Å². The summed E-state index contributed by atoms with van der Waals surface area (Å²) in [7, 11) is 0. The van der Waals surface area contributed by atoms with E-state index in [0.717, 1.165) is 0 Å². The van der Waals surface area contributed by atoms with Crippen LogP contribution in [0.5, 0.6) is 28.7 Å². The molecule has 0 saturated carbocycles. The molecule has 4 rings (SSSR count). The van der Waals surface area contributed by atoms with E-state index in [1.807, 2.05) is 0 Å². The molecule has 0 aromatic heterocycles. The molecular weight excluding hydrogens is 440 g/mol. The minimum absolute atomic E-state index is 0.0218. The molecular formula is C22H24O11. The van der Waals surface area contributed by atoms with Crippen molar-refractivity contribution in [1.82, 2.24) is 0 Å². The summed E-state index contributed by atoms with van der Waals surface area (Å²) in [6.45, 7) is 0.824. The summed E-state index contributed by atoms with van der Waals surface area (Å²) in [6, 6.07) is 5.32. The maximum atomic E-state index is 12.8. The van der Waals surface area contributed by atoms with Crippen LogP contribution in [-0.2, 0) is 4.74 Å². The Morgan fingerprint density at radius 3 is 2.42 bits per heavy atom. The number of ether oxygens (including phenoxy) is 3. The van der Waals surface area contributed by atoms with Gasteiger partial charge in [-0.25, -0.2) is 0 Å². The Morgan fingerprint density at radius 1 is 1.03 bits per heavy atom. The molecule has 6 atom stereocenters. The molecule has 11 heteroatoms. The highest BCUT2D eigenvalue weighted by Gasteiger charge is 2.45. The minimum atomic E-state index is -1.67. The van der Waals surface area contributed by atoms with Gasteiger partial charge in [0.25, 0.3) is 0 Å². The van der Waals surface area contributed by atoms with Gasteiger partial charge < -0.3 is 50.0 Å². The molecule has 1 saturated heterocycles. The normalized spacial score (nSPS) is 29.3. The Balaban J connectivity index is 1.65. The fourth-order valence-electron chi connectivity index (χ4n) is 3.89. The number of carbonyl (C=O) groups excluding carboxylic acids is 1. The Morgan fingerprint density at radius 2 is 1.76 bits per heavy atom. The first-order valence-electron chi connectivity index (χ1n) is 10.2. The topological polar surface area (TPSA) is 186 Å². The summed E-state index contributed by atoms with van der Waals surface area (Å²) in [5, 5.41) is 69.4. The minimum Gasteiger partial charge on any atom is -0.507 e. The summed E-state index contributed by atoms with van der Waals surface area (Å²) in [6.07, 6.45) is -8.53. The van der Waals surface area contributed by atoms with Crippen molar-refractivity contribution in [3.8, 4) is 28.7 Å². The average Bonchev–Trinajstić information content (AvgIpc) is 2.78. The predicted octanol–water partition coefficient (Wildman–Crippen LogP) is -0.00298. The van der Waals surface area contributed by atoms with Gasteiger partial charge in [-0.3, -0.25) is 4.79 Å². The summed E-state index contributed by atoms with van der Waals surface area (Å²) in [5.74, 6) is -1.58. The molecule has 33 heavy (non-hydrogen) atoms. The molecule has 7 N–H and O–H groups in total. The van der Waals surface area contributed by atoms with E-state index in [2.05, 4.69) is 0 Å². The number of ketones is 1. The Kier molecular flexibility index (Phi) is 6.08. The lowest BCUT2D eigenvalue weighted by Gasteiger charge is -2.39. The largest absolute Gasteiger partial charge is 0.507 e. The highest BCUT2D eigenvalue weighted by Crippen LogP contribution is 2.45. The number of hydrogen-bond donors (Lipinski definition) is 7. The first-order chi connectivity index (χ1) is 15.6. The van der Waals surface area contributed by atoms with Crippen LogP contribution < -0.4 is 9.47 Å². The van der Waals surface area contributed by atoms with Crippen LogP contribution in [0.25, 0.3) is 0 Å². The third-order valence-corrected chi connectivity index (χ3v) is 5.85. The fraction of sp³-hybridized carbons (Fsp3) is 0.409. The van der Waals surface area contributed by atoms with Crippen molar-refractivity contribution in [3.63, 3.8) is 0 Å². The van der Waals surface area contributed by atoms with E-state index in [0.29, 0.717) is 5.56 Å². The van der Waals surface area contributed by atoms with Gasteiger partial charge in [0.2, 0.25) is 6.29 Å². The van der Waals surface area contributed by atoms with Crippen molar-refractivity contribution in [2.75, 3.05) is 6.61 Å². The van der Waals surface area contributed by atoms with Crippen molar-refractivity contribution in [2.24, 2.45) is 0 Å². The van der Waals surface area contributed by atoms with Gasteiger partial charge in [-0.1, -0.05) is 6.07 Å². The quantitative estimate of drug-likeness (QED) is 0.302. The van der Waals surface area contributed by atoms with Crippen molar-refractivity contribution >= 4 is 5.78 Å². The summed E-state index contributed by atoms with van der Waals surface area (Å²) in [4.78, 5) is 12.8. The summed E-state index contributed by atoms with van der Waals surface area (Å²) < 4.78 is 16.8. The summed E-state index contributed by atoms with van der Waals surface area (Å²) >= 11 is 0. The number of aliphatic hydroxyl groups is 4. The van der Waals surface area contributed by atoms with Gasteiger partial charge in [-0.2, -0.15) is 0 Å². The molecule has 2 aliphatic rings. The number of hydrogen-bond acceptors (Lipinski definition) is 11. The number of phenols is 3. The van der Waals surface area contributed by atoms with Gasteiger partial charge in [0.15, 0.2) is 17.3 Å². The van der Waals surface area contributed by atoms with Gasteiger partial charge >= 0.3 is 0 Å². The highest BCUT2D eigenvalue weighted by atomic mass is 16.7. The molecule has 2 aromatic carbocycles. The van der Waals surface area contributed by atoms with Crippen LogP contribution in [0.2, 0.25) is 0 Å². The van der Waals surface area contributed by atoms with Crippen molar-refractivity contribution in [1.29, 1.82) is 0 Å². The average molecular weight is 464 g/mol. The zero-order valence-electron chi connectivity index (χ0n) is 17.5. The van der Waals surface area contributed by atoms with Gasteiger partial charge in [-0.05, 0) is 24.6 Å². The summed E-state index contributed by atoms with van der Waals surface area (Å²) in [5.41, 5.74) is 0.497. The molecule has 178 valence electrons. The van der Waals surface area contributed by atoms with Crippen LogP contribution in [0.4, 0.5) is 0 Å². The van der Waals surface area contributed by atoms with Gasteiger partial charge in [0, 0.05) is 11.6 Å².